The molecule has 1 aliphatic rings. The molecule has 2 N–H and O–H groups in total. The molecule has 1 saturated carbocycles. The highest BCUT2D eigenvalue weighted by molar-refractivity contribution is 5.78. The molecule has 23 heavy (non-hydrogen) atoms. The highest BCUT2D eigenvalue weighted by Gasteiger charge is 2.26. The van der Waals surface area contributed by atoms with Gasteiger partial charge in [0.2, 0.25) is 11.7 Å². The molecule has 1 amide bonds. The van der Waals surface area contributed by atoms with Gasteiger partial charge in [0.25, 0.3) is 0 Å². The Labute approximate surface area is 130 Å². The minimum absolute atomic E-state index is 0.0940. The maximum Gasteiger partial charge on any atom is 0.233 e. The van der Waals surface area contributed by atoms with Gasteiger partial charge in [-0.3, -0.25) is 4.79 Å². The largest absolute Gasteiger partial charge is 0.355 e. The summed E-state index contributed by atoms with van der Waals surface area (Å²) < 4.78 is 66.3. The van der Waals surface area contributed by atoms with Gasteiger partial charge in [-0.25, -0.2) is 22.0 Å². The number of hydrogen-bond acceptors (Lipinski definition) is 2. The normalized spacial score (nSPS) is 15.6. The summed E-state index contributed by atoms with van der Waals surface area (Å²) in [6.45, 7) is 1.99. The Morgan fingerprint density at radius 1 is 1.04 bits per heavy atom. The molecule has 0 bridgehead atoms. The van der Waals surface area contributed by atoms with Crippen LogP contribution in [0.25, 0.3) is 0 Å². The van der Waals surface area contributed by atoms with E-state index in [0.717, 1.165) is 12.8 Å². The number of benzene rings is 1. The van der Waals surface area contributed by atoms with E-state index in [1.54, 1.807) is 0 Å². The molecule has 0 aliphatic heterocycles. The van der Waals surface area contributed by atoms with Crippen LogP contribution in [0.2, 0.25) is 0 Å². The third-order valence-electron chi connectivity index (χ3n) is 3.71. The Balaban J connectivity index is 1.91. The van der Waals surface area contributed by atoms with Crippen LogP contribution >= 0.6 is 0 Å². The second-order valence-corrected chi connectivity index (χ2v) is 5.78. The van der Waals surface area contributed by atoms with Gasteiger partial charge >= 0.3 is 0 Å². The SMILES string of the molecule is C[C@@H](Cc1c(F)c(F)c(F)c(F)c1F)NCC(=O)NCC1CC1. The van der Waals surface area contributed by atoms with Gasteiger partial charge in [-0.15, -0.1) is 0 Å². The fraction of sp³-hybridized carbons (Fsp3) is 0.533. The smallest absolute Gasteiger partial charge is 0.233 e. The Hall–Kier alpha value is -1.70. The maximum atomic E-state index is 13.6. The molecule has 2 rings (SSSR count). The minimum Gasteiger partial charge on any atom is -0.355 e. The van der Waals surface area contributed by atoms with Crippen LogP contribution in [-0.2, 0) is 11.2 Å². The average molecular weight is 336 g/mol. The number of nitrogens with one attached hydrogen (secondary N) is 2. The quantitative estimate of drug-likeness (QED) is 0.456. The lowest BCUT2D eigenvalue weighted by Gasteiger charge is -2.15. The first-order chi connectivity index (χ1) is 10.8. The molecule has 1 atom stereocenters. The van der Waals surface area contributed by atoms with Crippen molar-refractivity contribution in [3.05, 3.63) is 34.6 Å². The molecule has 8 heteroatoms. The van der Waals surface area contributed by atoms with E-state index in [2.05, 4.69) is 10.6 Å². The Morgan fingerprint density at radius 2 is 1.57 bits per heavy atom. The summed E-state index contributed by atoms with van der Waals surface area (Å²) >= 11 is 0. The predicted molar refractivity (Wildman–Crippen MR) is 73.1 cm³/mol. The molecule has 0 spiro atoms. The van der Waals surface area contributed by atoms with Crippen LogP contribution in [0.3, 0.4) is 0 Å². The maximum absolute atomic E-state index is 13.6. The van der Waals surface area contributed by atoms with Gasteiger partial charge in [0, 0.05) is 18.2 Å². The molecule has 0 heterocycles. The van der Waals surface area contributed by atoms with Crippen molar-refractivity contribution in [3.63, 3.8) is 0 Å². The summed E-state index contributed by atoms with van der Waals surface area (Å²) in [7, 11) is 0. The third-order valence-corrected chi connectivity index (χ3v) is 3.71. The highest BCUT2D eigenvalue weighted by atomic mass is 19.2. The lowest BCUT2D eigenvalue weighted by Crippen LogP contribution is -2.39. The van der Waals surface area contributed by atoms with Crippen molar-refractivity contribution in [2.24, 2.45) is 5.92 Å². The van der Waals surface area contributed by atoms with Gasteiger partial charge in [0.1, 0.15) is 0 Å². The van der Waals surface area contributed by atoms with Crippen LogP contribution in [0.15, 0.2) is 0 Å². The molecule has 0 radical (unpaired) electrons. The average Bonchev–Trinajstić information content (AvgIpc) is 3.35. The fourth-order valence-electron chi connectivity index (χ4n) is 2.12. The number of carbonyl (C=O) groups excluding carboxylic acids is 1. The fourth-order valence-corrected chi connectivity index (χ4v) is 2.12. The third kappa shape index (κ3) is 4.40. The molecule has 0 unspecified atom stereocenters. The summed E-state index contributed by atoms with van der Waals surface area (Å²) in [6, 6.07) is -0.644. The van der Waals surface area contributed by atoms with Gasteiger partial charge in [-0.05, 0) is 32.1 Å². The van der Waals surface area contributed by atoms with Crippen LogP contribution in [0.5, 0.6) is 0 Å². The summed E-state index contributed by atoms with van der Waals surface area (Å²) in [5.74, 6) is -9.54. The van der Waals surface area contributed by atoms with Crippen LogP contribution < -0.4 is 10.6 Å². The number of carbonyl (C=O) groups is 1. The predicted octanol–water partition coefficient (Wildman–Crippen LogP) is 2.43. The van der Waals surface area contributed by atoms with Crippen molar-refractivity contribution in [1.29, 1.82) is 0 Å². The van der Waals surface area contributed by atoms with E-state index in [0.29, 0.717) is 12.5 Å². The van der Waals surface area contributed by atoms with Gasteiger partial charge in [0.05, 0.1) is 6.54 Å². The molecule has 1 fully saturated rings. The topological polar surface area (TPSA) is 41.1 Å². The molecule has 3 nitrogen and oxygen atoms in total. The van der Waals surface area contributed by atoms with Crippen molar-refractivity contribution in [2.75, 3.05) is 13.1 Å². The zero-order chi connectivity index (χ0) is 17.1. The first-order valence-corrected chi connectivity index (χ1v) is 7.31. The number of rotatable bonds is 7. The van der Waals surface area contributed by atoms with E-state index < -0.39 is 47.1 Å². The highest BCUT2D eigenvalue weighted by Crippen LogP contribution is 2.27. The molecular formula is C15H17F5N2O. The van der Waals surface area contributed by atoms with Gasteiger partial charge in [0.15, 0.2) is 23.3 Å². The van der Waals surface area contributed by atoms with E-state index >= 15 is 0 Å². The molecule has 1 aromatic carbocycles. The Bertz CT molecular complexity index is 575. The second-order valence-electron chi connectivity index (χ2n) is 5.78. The van der Waals surface area contributed by atoms with Crippen molar-refractivity contribution < 1.29 is 26.7 Å². The number of halogens is 5. The number of hydrogen-bond donors (Lipinski definition) is 2. The van der Waals surface area contributed by atoms with E-state index in [9.17, 15) is 26.7 Å². The summed E-state index contributed by atoms with van der Waals surface area (Å²) in [6.07, 6.45) is 1.75. The van der Waals surface area contributed by atoms with Crippen molar-refractivity contribution in [3.8, 4) is 0 Å². The van der Waals surface area contributed by atoms with E-state index in [4.69, 9.17) is 0 Å². The monoisotopic (exact) mass is 336 g/mol. The van der Waals surface area contributed by atoms with Crippen molar-refractivity contribution >= 4 is 5.91 Å². The second kappa shape index (κ2) is 7.25. The zero-order valence-electron chi connectivity index (χ0n) is 12.5. The number of amides is 1. The molecule has 0 aromatic heterocycles. The molecule has 1 aromatic rings. The summed E-state index contributed by atoms with van der Waals surface area (Å²) in [4.78, 5) is 11.5. The summed E-state index contributed by atoms with van der Waals surface area (Å²) in [5.41, 5.74) is -0.889. The van der Waals surface area contributed by atoms with Crippen LogP contribution in [0.1, 0.15) is 25.3 Å². The lowest BCUT2D eigenvalue weighted by atomic mass is 10.0. The minimum atomic E-state index is -2.18. The molecular weight excluding hydrogens is 319 g/mol. The molecule has 0 saturated heterocycles. The first-order valence-electron chi connectivity index (χ1n) is 7.31. The van der Waals surface area contributed by atoms with Crippen LogP contribution in [-0.4, -0.2) is 25.0 Å². The lowest BCUT2D eigenvalue weighted by molar-refractivity contribution is -0.120. The van der Waals surface area contributed by atoms with Gasteiger partial charge in [-0.2, -0.15) is 0 Å². The molecule has 128 valence electrons. The van der Waals surface area contributed by atoms with Gasteiger partial charge in [-0.1, -0.05) is 0 Å². The first kappa shape index (κ1) is 17.7. The standard InChI is InChI=1S/C15H17F5N2O/c1-7(21-6-10(23)22-5-8-2-3-8)4-9-11(16)13(18)15(20)14(19)12(9)17/h7-8,21H,2-6H2,1H3,(H,22,23)/t7-/m0/s1. The van der Waals surface area contributed by atoms with E-state index in [1.807, 2.05) is 0 Å². The zero-order valence-corrected chi connectivity index (χ0v) is 12.5. The van der Waals surface area contributed by atoms with E-state index in [-0.39, 0.29) is 12.5 Å². The Morgan fingerprint density at radius 3 is 2.09 bits per heavy atom. The van der Waals surface area contributed by atoms with Crippen molar-refractivity contribution in [1.82, 2.24) is 10.6 Å². The van der Waals surface area contributed by atoms with Crippen molar-refractivity contribution in [2.45, 2.75) is 32.2 Å². The van der Waals surface area contributed by atoms with E-state index in [1.165, 1.54) is 6.92 Å². The molecule has 1 aliphatic carbocycles. The Kier molecular flexibility index (Phi) is 5.56. The van der Waals surface area contributed by atoms with Crippen LogP contribution in [0.4, 0.5) is 22.0 Å². The van der Waals surface area contributed by atoms with Crippen LogP contribution in [0, 0.1) is 35.0 Å². The van der Waals surface area contributed by atoms with Gasteiger partial charge < -0.3 is 10.6 Å². The summed E-state index contributed by atoms with van der Waals surface area (Å²) in [5, 5.41) is 5.39.